The molecule has 3 rings (SSSR count). The van der Waals surface area contributed by atoms with Crippen molar-refractivity contribution in [3.8, 4) is 5.75 Å². The van der Waals surface area contributed by atoms with Gasteiger partial charge in [0.2, 0.25) is 0 Å². The van der Waals surface area contributed by atoms with Gasteiger partial charge in [-0.2, -0.15) is 0 Å². The SMILES string of the molecule is O=C1N/C(=C/c2cc(O)ccc2[N+](=O)[O-])C(=O)N1Cc1ccccc1. The van der Waals surface area contributed by atoms with Crippen LogP contribution in [0.15, 0.2) is 54.2 Å². The molecule has 8 nitrogen and oxygen atoms in total. The number of rotatable bonds is 4. The summed E-state index contributed by atoms with van der Waals surface area (Å²) >= 11 is 0. The van der Waals surface area contributed by atoms with E-state index in [1.807, 2.05) is 6.07 Å². The average molecular weight is 339 g/mol. The molecule has 0 atom stereocenters. The molecule has 2 N–H and O–H groups in total. The van der Waals surface area contributed by atoms with E-state index in [0.29, 0.717) is 0 Å². The predicted molar refractivity (Wildman–Crippen MR) is 88.3 cm³/mol. The van der Waals surface area contributed by atoms with Gasteiger partial charge in [-0.15, -0.1) is 0 Å². The lowest BCUT2D eigenvalue weighted by Gasteiger charge is -2.11. The summed E-state index contributed by atoms with van der Waals surface area (Å²) in [4.78, 5) is 35.9. The Labute approximate surface area is 142 Å². The lowest BCUT2D eigenvalue weighted by molar-refractivity contribution is -0.385. The molecule has 1 fully saturated rings. The van der Waals surface area contributed by atoms with E-state index in [-0.39, 0.29) is 29.2 Å². The third-order valence-corrected chi connectivity index (χ3v) is 3.65. The van der Waals surface area contributed by atoms with Crippen LogP contribution >= 0.6 is 0 Å². The van der Waals surface area contributed by atoms with Gasteiger partial charge in [-0.3, -0.25) is 19.8 Å². The summed E-state index contributed by atoms with van der Waals surface area (Å²) in [5.41, 5.74) is 0.425. The molecular weight excluding hydrogens is 326 g/mol. The fourth-order valence-corrected chi connectivity index (χ4v) is 2.46. The van der Waals surface area contributed by atoms with Crippen molar-refractivity contribution in [2.75, 3.05) is 0 Å². The standard InChI is InChI=1S/C17H13N3O5/c21-13-6-7-15(20(24)25)12(8-13)9-14-16(22)19(17(23)18-14)10-11-4-2-1-3-5-11/h1-9,21H,10H2,(H,18,23)/b14-9+. The van der Waals surface area contributed by atoms with Gasteiger partial charge in [-0.05, 0) is 23.8 Å². The minimum absolute atomic E-state index is 0.0233. The molecule has 0 saturated carbocycles. The predicted octanol–water partition coefficient (Wildman–Crippen LogP) is 2.39. The second kappa shape index (κ2) is 6.44. The first kappa shape index (κ1) is 16.2. The molecule has 1 aliphatic heterocycles. The smallest absolute Gasteiger partial charge is 0.329 e. The molecule has 1 aliphatic rings. The number of nitrogens with zero attached hydrogens (tertiary/aromatic N) is 2. The number of hydrogen-bond acceptors (Lipinski definition) is 5. The fourth-order valence-electron chi connectivity index (χ4n) is 2.46. The van der Waals surface area contributed by atoms with E-state index < -0.39 is 16.9 Å². The van der Waals surface area contributed by atoms with E-state index in [0.717, 1.165) is 22.6 Å². The van der Waals surface area contributed by atoms with Gasteiger partial charge in [0.15, 0.2) is 0 Å². The van der Waals surface area contributed by atoms with Crippen molar-refractivity contribution in [1.82, 2.24) is 10.2 Å². The molecule has 8 heteroatoms. The number of nitro benzene ring substituents is 1. The van der Waals surface area contributed by atoms with Crippen LogP contribution in [0.1, 0.15) is 11.1 Å². The van der Waals surface area contributed by atoms with Gasteiger partial charge in [0.25, 0.3) is 11.6 Å². The van der Waals surface area contributed by atoms with Crippen LogP contribution in [0, 0.1) is 10.1 Å². The zero-order valence-electron chi connectivity index (χ0n) is 12.9. The van der Waals surface area contributed by atoms with Gasteiger partial charge in [-0.1, -0.05) is 30.3 Å². The number of carbonyl (C=O) groups is 2. The van der Waals surface area contributed by atoms with Gasteiger partial charge in [0.1, 0.15) is 11.4 Å². The molecule has 3 amide bonds. The summed E-state index contributed by atoms with van der Waals surface area (Å²) in [6, 6.07) is 11.8. The Bertz CT molecular complexity index is 892. The maximum Gasteiger partial charge on any atom is 0.329 e. The maximum absolute atomic E-state index is 12.4. The molecule has 2 aromatic carbocycles. The van der Waals surface area contributed by atoms with Gasteiger partial charge in [0, 0.05) is 6.07 Å². The number of carbonyl (C=O) groups excluding carboxylic acids is 2. The number of aromatic hydroxyl groups is 1. The first-order valence-corrected chi connectivity index (χ1v) is 7.31. The van der Waals surface area contributed by atoms with E-state index in [1.54, 1.807) is 24.3 Å². The molecule has 1 heterocycles. The third-order valence-electron chi connectivity index (χ3n) is 3.65. The van der Waals surface area contributed by atoms with E-state index in [4.69, 9.17) is 0 Å². The number of nitrogens with one attached hydrogen (secondary N) is 1. The minimum atomic E-state index is -0.630. The van der Waals surface area contributed by atoms with Crippen LogP contribution in [-0.4, -0.2) is 26.9 Å². The van der Waals surface area contributed by atoms with Crippen LogP contribution in [0.5, 0.6) is 5.75 Å². The van der Waals surface area contributed by atoms with Gasteiger partial charge in [-0.25, -0.2) is 4.79 Å². The minimum Gasteiger partial charge on any atom is -0.508 e. The first-order chi connectivity index (χ1) is 12.0. The molecule has 126 valence electrons. The van der Waals surface area contributed by atoms with Crippen molar-refractivity contribution >= 4 is 23.7 Å². The Morgan fingerprint density at radius 2 is 1.88 bits per heavy atom. The van der Waals surface area contributed by atoms with Crippen LogP contribution in [0.25, 0.3) is 6.08 Å². The molecular formula is C17H13N3O5. The summed E-state index contributed by atoms with van der Waals surface area (Å²) in [6.07, 6.45) is 1.18. The highest BCUT2D eigenvalue weighted by atomic mass is 16.6. The van der Waals surface area contributed by atoms with Gasteiger partial charge < -0.3 is 10.4 Å². The highest BCUT2D eigenvalue weighted by Crippen LogP contribution is 2.26. The normalized spacial score (nSPS) is 15.5. The van der Waals surface area contributed by atoms with Crippen molar-refractivity contribution in [2.45, 2.75) is 6.54 Å². The Hall–Kier alpha value is -3.68. The number of imide groups is 1. The highest BCUT2D eigenvalue weighted by Gasteiger charge is 2.34. The molecule has 0 unspecified atom stereocenters. The van der Waals surface area contributed by atoms with Crippen LogP contribution in [0.3, 0.4) is 0 Å². The summed E-state index contributed by atoms with van der Waals surface area (Å²) in [5.74, 6) is -0.776. The number of nitro groups is 1. The Balaban J connectivity index is 1.91. The molecule has 0 aromatic heterocycles. The number of benzene rings is 2. The van der Waals surface area contributed by atoms with E-state index in [2.05, 4.69) is 5.32 Å². The lowest BCUT2D eigenvalue weighted by atomic mass is 10.1. The monoisotopic (exact) mass is 339 g/mol. The number of amides is 3. The highest BCUT2D eigenvalue weighted by molar-refractivity contribution is 6.14. The van der Waals surface area contributed by atoms with Crippen LogP contribution in [0.4, 0.5) is 10.5 Å². The fraction of sp³-hybridized carbons (Fsp3) is 0.0588. The molecule has 2 aromatic rings. The largest absolute Gasteiger partial charge is 0.508 e. The zero-order valence-corrected chi connectivity index (χ0v) is 12.9. The number of phenolic OH excluding ortho intramolecular Hbond substituents is 1. The number of hydrogen-bond donors (Lipinski definition) is 2. The summed E-state index contributed by atoms with van der Waals surface area (Å²) < 4.78 is 0. The number of phenols is 1. The molecule has 1 saturated heterocycles. The quantitative estimate of drug-likeness (QED) is 0.384. The Kier molecular flexibility index (Phi) is 4.17. The third kappa shape index (κ3) is 3.32. The van der Waals surface area contributed by atoms with Crippen molar-refractivity contribution in [2.24, 2.45) is 0 Å². The number of urea groups is 1. The molecule has 0 spiro atoms. The molecule has 0 bridgehead atoms. The molecule has 0 aliphatic carbocycles. The van der Waals surface area contributed by atoms with E-state index in [9.17, 15) is 24.8 Å². The van der Waals surface area contributed by atoms with Crippen LogP contribution in [-0.2, 0) is 11.3 Å². The average Bonchev–Trinajstić information content (AvgIpc) is 2.83. The summed E-state index contributed by atoms with van der Waals surface area (Å²) in [7, 11) is 0. The Morgan fingerprint density at radius 3 is 2.56 bits per heavy atom. The lowest BCUT2D eigenvalue weighted by Crippen LogP contribution is -2.30. The topological polar surface area (TPSA) is 113 Å². The van der Waals surface area contributed by atoms with Crippen molar-refractivity contribution in [3.05, 3.63) is 75.5 Å². The van der Waals surface area contributed by atoms with E-state index in [1.165, 1.54) is 12.1 Å². The molecule has 0 radical (unpaired) electrons. The van der Waals surface area contributed by atoms with Crippen LogP contribution < -0.4 is 5.32 Å². The van der Waals surface area contributed by atoms with Crippen LogP contribution in [0.2, 0.25) is 0 Å². The second-order valence-electron chi connectivity index (χ2n) is 5.37. The zero-order chi connectivity index (χ0) is 18.0. The summed E-state index contributed by atoms with van der Waals surface area (Å²) in [5, 5.41) is 23.0. The Morgan fingerprint density at radius 1 is 1.16 bits per heavy atom. The first-order valence-electron chi connectivity index (χ1n) is 7.31. The van der Waals surface area contributed by atoms with Gasteiger partial charge >= 0.3 is 6.03 Å². The van der Waals surface area contributed by atoms with Crippen molar-refractivity contribution in [3.63, 3.8) is 0 Å². The van der Waals surface area contributed by atoms with Gasteiger partial charge in [0.05, 0.1) is 17.0 Å². The van der Waals surface area contributed by atoms with Crippen molar-refractivity contribution < 1.29 is 19.6 Å². The van der Waals surface area contributed by atoms with Crippen molar-refractivity contribution in [1.29, 1.82) is 0 Å². The maximum atomic E-state index is 12.4. The second-order valence-corrected chi connectivity index (χ2v) is 5.37. The molecule has 25 heavy (non-hydrogen) atoms. The summed E-state index contributed by atoms with van der Waals surface area (Å²) in [6.45, 7) is 0.0883. The van der Waals surface area contributed by atoms with E-state index >= 15 is 0 Å².